The molecule has 2 aliphatic heterocycles. The molecule has 2 aliphatic rings. The lowest BCUT2D eigenvalue weighted by Gasteiger charge is -2.21. The van der Waals surface area contributed by atoms with E-state index in [1.54, 1.807) is 24.3 Å². The van der Waals surface area contributed by atoms with E-state index in [1.165, 1.54) is 0 Å². The van der Waals surface area contributed by atoms with Crippen LogP contribution in [0, 0.1) is 0 Å². The number of amides is 2. The van der Waals surface area contributed by atoms with Gasteiger partial charge in [0.25, 0.3) is 11.8 Å². The van der Waals surface area contributed by atoms with Crippen molar-refractivity contribution in [3.63, 3.8) is 0 Å². The molecule has 1 aromatic rings. The number of benzene rings is 1. The van der Waals surface area contributed by atoms with Crippen molar-refractivity contribution in [3.05, 3.63) is 35.4 Å². The lowest BCUT2D eigenvalue weighted by molar-refractivity contribution is 0.0760. The first-order valence-corrected chi connectivity index (χ1v) is 7.40. The number of nitrogens with zero attached hydrogens (tertiary/aromatic N) is 1. The molecule has 4 heteroatoms. The molecule has 20 heavy (non-hydrogen) atoms. The van der Waals surface area contributed by atoms with E-state index in [-0.39, 0.29) is 11.8 Å². The molecule has 2 amide bonds. The van der Waals surface area contributed by atoms with Gasteiger partial charge in [0, 0.05) is 30.8 Å². The maximum Gasteiger partial charge on any atom is 0.253 e. The van der Waals surface area contributed by atoms with Crippen molar-refractivity contribution in [1.82, 2.24) is 10.2 Å². The van der Waals surface area contributed by atoms with Crippen molar-refractivity contribution in [2.24, 2.45) is 0 Å². The first kappa shape index (κ1) is 14.6. The summed E-state index contributed by atoms with van der Waals surface area (Å²) in [5, 5.41) is 2.91. The van der Waals surface area contributed by atoms with Crippen LogP contribution in [0.15, 0.2) is 24.3 Å². The standard InChI is InChI=1S/C16H22N2O2/c1-2-18-12-6-4-3-5-11-17-15(19)13-7-9-14(10-8-13)16(18)20/h7-10H,2-6,11-12H2,1H3,(H,17,19). The number of fused-ring (bicyclic) bond motifs is 11. The fourth-order valence-electron chi connectivity index (χ4n) is 2.44. The third-order valence-electron chi connectivity index (χ3n) is 3.70. The van der Waals surface area contributed by atoms with E-state index >= 15 is 0 Å². The summed E-state index contributed by atoms with van der Waals surface area (Å²) in [6, 6.07) is 6.93. The van der Waals surface area contributed by atoms with E-state index in [0.29, 0.717) is 11.1 Å². The van der Waals surface area contributed by atoms with Gasteiger partial charge in [-0.25, -0.2) is 0 Å². The zero-order valence-electron chi connectivity index (χ0n) is 12.0. The summed E-state index contributed by atoms with van der Waals surface area (Å²) in [5.74, 6) is -0.00933. The zero-order valence-corrected chi connectivity index (χ0v) is 12.0. The lowest BCUT2D eigenvalue weighted by Crippen LogP contribution is -2.32. The Hall–Kier alpha value is -1.84. The Labute approximate surface area is 120 Å². The molecule has 0 atom stereocenters. The molecule has 0 aliphatic carbocycles. The molecular weight excluding hydrogens is 252 g/mol. The molecular formula is C16H22N2O2. The number of carbonyl (C=O) groups is 2. The van der Waals surface area contributed by atoms with Crippen LogP contribution in [0.5, 0.6) is 0 Å². The summed E-state index contributed by atoms with van der Waals surface area (Å²) in [4.78, 5) is 26.1. The minimum Gasteiger partial charge on any atom is -0.352 e. The molecule has 2 bridgehead atoms. The first-order valence-electron chi connectivity index (χ1n) is 7.40. The summed E-state index contributed by atoms with van der Waals surface area (Å²) in [6.45, 7) is 4.25. The van der Waals surface area contributed by atoms with E-state index in [0.717, 1.165) is 45.3 Å². The molecule has 0 aromatic heterocycles. The van der Waals surface area contributed by atoms with Crippen molar-refractivity contribution >= 4 is 11.8 Å². The quantitative estimate of drug-likeness (QED) is 0.855. The minimum absolute atomic E-state index is 0.0523. The Kier molecular flexibility index (Phi) is 5.16. The third kappa shape index (κ3) is 3.59. The Bertz CT molecular complexity index is 468. The van der Waals surface area contributed by atoms with Gasteiger partial charge in [0.15, 0.2) is 0 Å². The summed E-state index contributed by atoms with van der Waals surface area (Å²) < 4.78 is 0. The van der Waals surface area contributed by atoms with Gasteiger partial charge in [0.05, 0.1) is 0 Å². The predicted octanol–water partition coefficient (Wildman–Crippen LogP) is 2.45. The highest BCUT2D eigenvalue weighted by Crippen LogP contribution is 2.10. The molecule has 1 aromatic carbocycles. The number of hydrogen-bond acceptors (Lipinski definition) is 2. The topological polar surface area (TPSA) is 49.4 Å². The Morgan fingerprint density at radius 2 is 1.65 bits per heavy atom. The van der Waals surface area contributed by atoms with E-state index in [1.807, 2.05) is 11.8 Å². The van der Waals surface area contributed by atoms with Gasteiger partial charge in [-0.2, -0.15) is 0 Å². The van der Waals surface area contributed by atoms with Gasteiger partial charge < -0.3 is 10.2 Å². The van der Waals surface area contributed by atoms with Gasteiger partial charge in [-0.3, -0.25) is 9.59 Å². The minimum atomic E-state index is -0.0617. The second kappa shape index (κ2) is 7.08. The fraction of sp³-hybridized carbons (Fsp3) is 0.500. The molecule has 0 saturated heterocycles. The van der Waals surface area contributed by atoms with Gasteiger partial charge in [-0.05, 0) is 44.0 Å². The molecule has 0 unspecified atom stereocenters. The normalized spacial score (nSPS) is 17.8. The van der Waals surface area contributed by atoms with Crippen LogP contribution in [-0.2, 0) is 0 Å². The average Bonchev–Trinajstić information content (AvgIpc) is 2.49. The van der Waals surface area contributed by atoms with E-state index in [4.69, 9.17) is 0 Å². The van der Waals surface area contributed by atoms with Crippen molar-refractivity contribution in [2.75, 3.05) is 19.6 Å². The highest BCUT2D eigenvalue weighted by Gasteiger charge is 2.15. The lowest BCUT2D eigenvalue weighted by atomic mass is 10.1. The van der Waals surface area contributed by atoms with Crippen LogP contribution in [0.2, 0.25) is 0 Å². The molecule has 108 valence electrons. The van der Waals surface area contributed by atoms with Crippen molar-refractivity contribution < 1.29 is 9.59 Å². The van der Waals surface area contributed by atoms with Crippen LogP contribution in [-0.4, -0.2) is 36.3 Å². The summed E-state index contributed by atoms with van der Waals surface area (Å²) in [7, 11) is 0. The van der Waals surface area contributed by atoms with Crippen molar-refractivity contribution in [1.29, 1.82) is 0 Å². The van der Waals surface area contributed by atoms with Gasteiger partial charge in [0.1, 0.15) is 0 Å². The molecule has 0 spiro atoms. The van der Waals surface area contributed by atoms with Crippen LogP contribution in [0.1, 0.15) is 53.3 Å². The Morgan fingerprint density at radius 3 is 2.35 bits per heavy atom. The number of carbonyl (C=O) groups excluding carboxylic acids is 2. The van der Waals surface area contributed by atoms with Crippen molar-refractivity contribution in [3.8, 4) is 0 Å². The molecule has 3 rings (SSSR count). The Balaban J connectivity index is 2.21. The second-order valence-corrected chi connectivity index (χ2v) is 5.13. The zero-order chi connectivity index (χ0) is 14.4. The smallest absolute Gasteiger partial charge is 0.253 e. The maximum absolute atomic E-state index is 12.4. The fourth-order valence-corrected chi connectivity index (χ4v) is 2.44. The summed E-state index contributed by atoms with van der Waals surface area (Å²) >= 11 is 0. The van der Waals surface area contributed by atoms with Crippen LogP contribution in [0.4, 0.5) is 0 Å². The highest BCUT2D eigenvalue weighted by molar-refractivity contribution is 5.97. The Morgan fingerprint density at radius 1 is 1.00 bits per heavy atom. The van der Waals surface area contributed by atoms with Crippen LogP contribution in [0.25, 0.3) is 0 Å². The number of rotatable bonds is 1. The van der Waals surface area contributed by atoms with E-state index in [2.05, 4.69) is 5.32 Å². The summed E-state index contributed by atoms with van der Waals surface area (Å²) in [6.07, 6.45) is 4.19. The molecule has 0 radical (unpaired) electrons. The van der Waals surface area contributed by atoms with E-state index in [9.17, 15) is 9.59 Å². The van der Waals surface area contributed by atoms with Crippen LogP contribution < -0.4 is 5.32 Å². The first-order chi connectivity index (χ1) is 9.72. The SMILES string of the molecule is CCN1CCCCCCNC(=O)c2ccc(cc2)C1=O. The maximum atomic E-state index is 12.4. The molecule has 2 heterocycles. The predicted molar refractivity (Wildman–Crippen MR) is 78.8 cm³/mol. The van der Waals surface area contributed by atoms with E-state index < -0.39 is 0 Å². The number of hydrogen-bond donors (Lipinski definition) is 1. The molecule has 1 N–H and O–H groups in total. The number of nitrogens with one attached hydrogen (secondary N) is 1. The van der Waals surface area contributed by atoms with Gasteiger partial charge in [-0.15, -0.1) is 0 Å². The molecule has 0 saturated carbocycles. The highest BCUT2D eigenvalue weighted by atomic mass is 16.2. The largest absolute Gasteiger partial charge is 0.352 e. The van der Waals surface area contributed by atoms with Crippen LogP contribution >= 0.6 is 0 Å². The van der Waals surface area contributed by atoms with Crippen LogP contribution in [0.3, 0.4) is 0 Å². The monoisotopic (exact) mass is 274 g/mol. The van der Waals surface area contributed by atoms with Gasteiger partial charge in [0.2, 0.25) is 0 Å². The molecule has 0 fully saturated rings. The third-order valence-corrected chi connectivity index (χ3v) is 3.70. The van der Waals surface area contributed by atoms with Gasteiger partial charge in [-0.1, -0.05) is 12.8 Å². The average molecular weight is 274 g/mol. The summed E-state index contributed by atoms with van der Waals surface area (Å²) in [5.41, 5.74) is 1.27. The molecule has 4 nitrogen and oxygen atoms in total. The van der Waals surface area contributed by atoms with Gasteiger partial charge >= 0.3 is 0 Å². The van der Waals surface area contributed by atoms with Crippen molar-refractivity contribution in [2.45, 2.75) is 32.6 Å². The second-order valence-electron chi connectivity index (χ2n) is 5.13.